The van der Waals surface area contributed by atoms with Crippen LogP contribution in [-0.4, -0.2) is 23.4 Å². The van der Waals surface area contributed by atoms with Crippen LogP contribution >= 0.6 is 0 Å². The Bertz CT molecular complexity index is 1380. The number of carbonyl (C=O) groups excluding carboxylic acids is 4. The standard InChI is InChI=1S/C31H28FNO5/c1-20-28(30(36)26-14-9-8-13-25(26)29(20)35)24(21-16-18-23(32)19-17-21)12-6-3-7-15-27(34)33-38-31(37)22-10-4-2-5-11-22/h2,4-5,8-11,13-14,16-19,24H,3,6-7,12,15H2,1H3,(H,33,34). The molecule has 6 nitrogen and oxygen atoms in total. The number of hydrogen-bond acceptors (Lipinski definition) is 5. The third-order valence-electron chi connectivity index (χ3n) is 6.69. The maximum Gasteiger partial charge on any atom is 0.362 e. The van der Waals surface area contributed by atoms with Crippen LogP contribution in [0.15, 0.2) is 90.0 Å². The Labute approximate surface area is 220 Å². The molecule has 3 aromatic carbocycles. The van der Waals surface area contributed by atoms with Crippen molar-refractivity contribution in [2.24, 2.45) is 0 Å². The van der Waals surface area contributed by atoms with Gasteiger partial charge in [0.2, 0.25) is 0 Å². The van der Waals surface area contributed by atoms with E-state index in [-0.39, 0.29) is 29.7 Å². The fourth-order valence-electron chi connectivity index (χ4n) is 4.71. The lowest BCUT2D eigenvalue weighted by atomic mass is 9.75. The largest absolute Gasteiger partial charge is 0.362 e. The first kappa shape index (κ1) is 26.7. The molecule has 0 bridgehead atoms. The summed E-state index contributed by atoms with van der Waals surface area (Å²) in [4.78, 5) is 55.4. The summed E-state index contributed by atoms with van der Waals surface area (Å²) in [6, 6.07) is 21.1. The molecule has 194 valence electrons. The van der Waals surface area contributed by atoms with Gasteiger partial charge in [-0.05, 0) is 49.6 Å². The molecule has 4 rings (SSSR count). The number of hydrogen-bond donors (Lipinski definition) is 1. The lowest BCUT2D eigenvalue weighted by molar-refractivity contribution is -0.130. The first-order valence-corrected chi connectivity index (χ1v) is 12.6. The number of hydroxylamine groups is 1. The Morgan fingerprint density at radius 1 is 0.816 bits per heavy atom. The van der Waals surface area contributed by atoms with Crippen molar-refractivity contribution < 1.29 is 28.4 Å². The zero-order valence-electron chi connectivity index (χ0n) is 21.0. The molecular formula is C31H28FNO5. The Kier molecular flexibility index (Phi) is 8.58. The van der Waals surface area contributed by atoms with Gasteiger partial charge in [0, 0.05) is 34.6 Å². The third-order valence-corrected chi connectivity index (χ3v) is 6.69. The molecule has 1 atom stereocenters. The average molecular weight is 514 g/mol. The summed E-state index contributed by atoms with van der Waals surface area (Å²) in [7, 11) is 0. The molecule has 0 fully saturated rings. The molecule has 7 heteroatoms. The minimum atomic E-state index is -0.641. The Morgan fingerprint density at radius 2 is 1.45 bits per heavy atom. The van der Waals surface area contributed by atoms with E-state index in [1.54, 1.807) is 73.7 Å². The Morgan fingerprint density at radius 3 is 2.13 bits per heavy atom. The molecule has 0 aromatic heterocycles. The normalized spacial score (nSPS) is 13.6. The lowest BCUT2D eigenvalue weighted by Crippen LogP contribution is -2.26. The molecule has 1 aliphatic rings. The van der Waals surface area contributed by atoms with Crippen LogP contribution in [0.2, 0.25) is 0 Å². The number of nitrogens with one attached hydrogen (secondary N) is 1. The quantitative estimate of drug-likeness (QED) is 0.274. The molecule has 0 heterocycles. The molecule has 3 aromatic rings. The zero-order chi connectivity index (χ0) is 27.1. The molecule has 0 aliphatic heterocycles. The fourth-order valence-corrected chi connectivity index (χ4v) is 4.71. The number of rotatable bonds is 9. The van der Waals surface area contributed by atoms with Crippen LogP contribution in [0.1, 0.15) is 81.6 Å². The van der Waals surface area contributed by atoms with Gasteiger partial charge in [-0.2, -0.15) is 5.48 Å². The van der Waals surface area contributed by atoms with Gasteiger partial charge in [-0.1, -0.05) is 67.4 Å². The number of allylic oxidation sites excluding steroid dienone is 2. The van der Waals surface area contributed by atoms with Crippen LogP contribution in [0.3, 0.4) is 0 Å². The van der Waals surface area contributed by atoms with Crippen molar-refractivity contribution in [3.63, 3.8) is 0 Å². The molecule has 0 spiro atoms. The van der Waals surface area contributed by atoms with Crippen molar-refractivity contribution in [1.82, 2.24) is 5.48 Å². The molecule has 1 N–H and O–H groups in total. The number of amides is 1. The van der Waals surface area contributed by atoms with Gasteiger partial charge < -0.3 is 4.84 Å². The molecular weight excluding hydrogens is 485 g/mol. The van der Waals surface area contributed by atoms with Crippen LogP contribution < -0.4 is 5.48 Å². The van der Waals surface area contributed by atoms with E-state index in [2.05, 4.69) is 5.48 Å². The maximum absolute atomic E-state index is 13.6. The van der Waals surface area contributed by atoms with E-state index in [1.807, 2.05) is 0 Å². The summed E-state index contributed by atoms with van der Waals surface area (Å²) in [5, 5.41) is 0. The monoisotopic (exact) mass is 513 g/mol. The minimum Gasteiger partial charge on any atom is -0.335 e. The van der Waals surface area contributed by atoms with E-state index in [0.717, 1.165) is 5.56 Å². The number of ketones is 2. The van der Waals surface area contributed by atoms with Crippen molar-refractivity contribution in [1.29, 1.82) is 0 Å². The highest BCUT2D eigenvalue weighted by Gasteiger charge is 2.34. The summed E-state index contributed by atoms with van der Waals surface area (Å²) < 4.78 is 13.6. The molecule has 0 saturated carbocycles. The van der Waals surface area contributed by atoms with Crippen molar-refractivity contribution in [2.45, 2.75) is 44.9 Å². The smallest absolute Gasteiger partial charge is 0.335 e. The topological polar surface area (TPSA) is 89.5 Å². The number of benzene rings is 3. The Balaban J connectivity index is 1.37. The fraction of sp³-hybridized carbons (Fsp3) is 0.226. The summed E-state index contributed by atoms with van der Waals surface area (Å²) in [6.45, 7) is 1.67. The van der Waals surface area contributed by atoms with Gasteiger partial charge in [0.05, 0.1) is 5.56 Å². The van der Waals surface area contributed by atoms with E-state index in [9.17, 15) is 23.6 Å². The van der Waals surface area contributed by atoms with E-state index in [0.29, 0.717) is 53.5 Å². The third kappa shape index (κ3) is 6.11. The number of unbranched alkanes of at least 4 members (excludes halogenated alkanes) is 2. The number of halogens is 1. The van der Waals surface area contributed by atoms with Gasteiger partial charge in [0.15, 0.2) is 11.6 Å². The van der Waals surface area contributed by atoms with Crippen LogP contribution in [0.4, 0.5) is 4.39 Å². The average Bonchev–Trinajstić information content (AvgIpc) is 2.94. The predicted molar refractivity (Wildman–Crippen MR) is 140 cm³/mol. The van der Waals surface area contributed by atoms with Crippen LogP contribution in [0.5, 0.6) is 0 Å². The number of carbonyl (C=O) groups is 4. The van der Waals surface area contributed by atoms with Crippen molar-refractivity contribution in [2.75, 3.05) is 0 Å². The van der Waals surface area contributed by atoms with Gasteiger partial charge in [-0.15, -0.1) is 0 Å². The van der Waals surface area contributed by atoms with E-state index < -0.39 is 11.9 Å². The number of fused-ring (bicyclic) bond motifs is 1. The molecule has 0 saturated heterocycles. The molecule has 1 unspecified atom stereocenters. The highest BCUT2D eigenvalue weighted by atomic mass is 19.1. The van der Waals surface area contributed by atoms with Gasteiger partial charge in [0.1, 0.15) is 5.82 Å². The summed E-state index contributed by atoms with van der Waals surface area (Å²) in [5.74, 6) is -2.18. The van der Waals surface area contributed by atoms with Gasteiger partial charge in [-0.25, -0.2) is 9.18 Å². The van der Waals surface area contributed by atoms with Crippen molar-refractivity contribution >= 4 is 23.4 Å². The second-order valence-corrected chi connectivity index (χ2v) is 9.23. The minimum absolute atomic E-state index is 0.163. The highest BCUT2D eigenvalue weighted by molar-refractivity contribution is 6.27. The van der Waals surface area contributed by atoms with Crippen molar-refractivity contribution in [3.8, 4) is 0 Å². The predicted octanol–water partition coefficient (Wildman–Crippen LogP) is 6.14. The molecule has 38 heavy (non-hydrogen) atoms. The Hall–Kier alpha value is -4.39. The van der Waals surface area contributed by atoms with Crippen LogP contribution in [0.25, 0.3) is 0 Å². The first-order chi connectivity index (χ1) is 18.4. The zero-order valence-corrected chi connectivity index (χ0v) is 21.0. The lowest BCUT2D eigenvalue weighted by Gasteiger charge is -2.26. The second-order valence-electron chi connectivity index (χ2n) is 9.23. The van der Waals surface area contributed by atoms with Crippen LogP contribution in [0, 0.1) is 5.82 Å². The molecule has 0 radical (unpaired) electrons. The second kappa shape index (κ2) is 12.2. The van der Waals surface area contributed by atoms with Gasteiger partial charge in [-0.3, -0.25) is 14.4 Å². The SMILES string of the molecule is CC1=C(C(CCCCCC(=O)NOC(=O)c2ccccc2)c2ccc(F)cc2)C(=O)c2ccccc2C1=O. The number of Topliss-reactive ketones (excluding diaryl/α,β-unsaturated/α-hetero) is 2. The van der Waals surface area contributed by atoms with Crippen molar-refractivity contribution in [3.05, 3.63) is 118 Å². The maximum atomic E-state index is 13.6. The summed E-state index contributed by atoms with van der Waals surface area (Å²) in [5.41, 5.74) is 4.89. The van der Waals surface area contributed by atoms with Gasteiger partial charge >= 0.3 is 5.97 Å². The summed E-state index contributed by atoms with van der Waals surface area (Å²) in [6.07, 6.45) is 2.58. The first-order valence-electron chi connectivity index (χ1n) is 12.6. The van der Waals surface area contributed by atoms with E-state index >= 15 is 0 Å². The summed E-state index contributed by atoms with van der Waals surface area (Å²) >= 11 is 0. The van der Waals surface area contributed by atoms with Gasteiger partial charge in [0.25, 0.3) is 5.91 Å². The molecule has 1 amide bonds. The van der Waals surface area contributed by atoms with E-state index in [1.165, 1.54) is 12.1 Å². The van der Waals surface area contributed by atoms with Crippen LogP contribution in [-0.2, 0) is 9.63 Å². The highest BCUT2D eigenvalue weighted by Crippen LogP contribution is 2.38. The molecule has 1 aliphatic carbocycles. The van der Waals surface area contributed by atoms with E-state index in [4.69, 9.17) is 4.84 Å².